The fourth-order valence-electron chi connectivity index (χ4n) is 4.02. The maximum Gasteiger partial charge on any atom is 0.165 e. The van der Waals surface area contributed by atoms with Gasteiger partial charge >= 0.3 is 0 Å². The Labute approximate surface area is 141 Å². The Balaban J connectivity index is 1.77. The Hall–Kier alpha value is -2.40. The number of fused-ring (bicyclic) bond motifs is 4. The third-order valence-electron chi connectivity index (χ3n) is 5.22. The molecule has 0 unspecified atom stereocenters. The van der Waals surface area contributed by atoms with E-state index in [2.05, 4.69) is 4.90 Å². The smallest absolute Gasteiger partial charge is 0.165 e. The maximum absolute atomic E-state index is 10.2. The first-order valence-electron chi connectivity index (χ1n) is 8.14. The summed E-state index contributed by atoms with van der Waals surface area (Å²) in [5.74, 6) is 1.49. The molecule has 126 valence electrons. The normalized spacial score (nSPS) is 19.2. The van der Waals surface area contributed by atoms with Crippen LogP contribution in [0.4, 0.5) is 0 Å². The molecule has 0 fully saturated rings. The highest BCUT2D eigenvalue weighted by molar-refractivity contribution is 5.54. The van der Waals surface area contributed by atoms with Crippen molar-refractivity contribution in [2.75, 3.05) is 20.8 Å². The van der Waals surface area contributed by atoms with Gasteiger partial charge in [0.2, 0.25) is 0 Å². The monoisotopic (exact) mass is 327 g/mol. The van der Waals surface area contributed by atoms with Crippen LogP contribution < -0.4 is 9.47 Å². The van der Waals surface area contributed by atoms with Crippen molar-refractivity contribution in [2.24, 2.45) is 0 Å². The van der Waals surface area contributed by atoms with Gasteiger partial charge in [0.05, 0.1) is 14.2 Å². The lowest BCUT2D eigenvalue weighted by Gasteiger charge is -2.42. The van der Waals surface area contributed by atoms with Crippen LogP contribution in [-0.4, -0.2) is 35.9 Å². The molecule has 2 aliphatic heterocycles. The zero-order chi connectivity index (χ0) is 16.8. The summed E-state index contributed by atoms with van der Waals surface area (Å²) in [6.07, 6.45) is 1.75. The third-order valence-corrected chi connectivity index (χ3v) is 5.22. The van der Waals surface area contributed by atoms with E-state index in [1.165, 1.54) is 11.1 Å². The first-order chi connectivity index (χ1) is 11.6. The lowest BCUT2D eigenvalue weighted by molar-refractivity contribution is 0.157. The molecule has 0 bridgehead atoms. The topological polar surface area (TPSA) is 62.2 Å². The molecule has 24 heavy (non-hydrogen) atoms. The van der Waals surface area contributed by atoms with Crippen molar-refractivity contribution in [3.8, 4) is 23.0 Å². The van der Waals surface area contributed by atoms with Crippen LogP contribution in [0.5, 0.6) is 23.0 Å². The first kappa shape index (κ1) is 15.1. The van der Waals surface area contributed by atoms with Crippen LogP contribution in [0.1, 0.15) is 28.3 Å². The SMILES string of the molecule is COc1cc2c(cc1O)[C@H]1Cc3ccc(O)c(OC)c3CN1CC2. The minimum Gasteiger partial charge on any atom is -0.504 e. The van der Waals surface area contributed by atoms with Crippen LogP contribution in [0.3, 0.4) is 0 Å². The Morgan fingerprint density at radius 1 is 1.04 bits per heavy atom. The van der Waals surface area contributed by atoms with Crippen molar-refractivity contribution >= 4 is 0 Å². The molecule has 5 nitrogen and oxygen atoms in total. The highest BCUT2D eigenvalue weighted by atomic mass is 16.5. The summed E-state index contributed by atoms with van der Waals surface area (Å²) in [5, 5.41) is 20.2. The highest BCUT2D eigenvalue weighted by Gasteiger charge is 2.34. The van der Waals surface area contributed by atoms with Crippen molar-refractivity contribution in [1.29, 1.82) is 0 Å². The molecule has 0 saturated heterocycles. The fourth-order valence-corrected chi connectivity index (χ4v) is 4.02. The predicted molar refractivity (Wildman–Crippen MR) is 89.9 cm³/mol. The molecule has 0 saturated carbocycles. The molecule has 5 heteroatoms. The van der Waals surface area contributed by atoms with Gasteiger partial charge in [-0.2, -0.15) is 0 Å². The van der Waals surface area contributed by atoms with E-state index in [1.807, 2.05) is 18.2 Å². The van der Waals surface area contributed by atoms with Crippen molar-refractivity contribution < 1.29 is 19.7 Å². The summed E-state index contributed by atoms with van der Waals surface area (Å²) in [7, 11) is 3.17. The summed E-state index contributed by atoms with van der Waals surface area (Å²) in [6.45, 7) is 1.67. The zero-order valence-corrected chi connectivity index (χ0v) is 13.9. The van der Waals surface area contributed by atoms with E-state index in [-0.39, 0.29) is 17.5 Å². The molecule has 0 amide bonds. The molecule has 0 aliphatic carbocycles. The predicted octanol–water partition coefficient (Wildman–Crippen LogP) is 2.77. The van der Waals surface area contributed by atoms with E-state index < -0.39 is 0 Å². The molecule has 0 aromatic heterocycles. The minimum absolute atomic E-state index is 0.187. The maximum atomic E-state index is 10.2. The van der Waals surface area contributed by atoms with E-state index in [0.717, 1.165) is 37.1 Å². The molecule has 2 aliphatic rings. The number of phenols is 2. The lowest BCUT2D eigenvalue weighted by atomic mass is 9.83. The van der Waals surface area contributed by atoms with E-state index in [4.69, 9.17) is 9.47 Å². The van der Waals surface area contributed by atoms with Gasteiger partial charge in [-0.25, -0.2) is 0 Å². The van der Waals surface area contributed by atoms with Crippen LogP contribution in [0.15, 0.2) is 24.3 Å². The second-order valence-electron chi connectivity index (χ2n) is 6.42. The molecule has 2 aromatic rings. The highest BCUT2D eigenvalue weighted by Crippen LogP contribution is 2.45. The number of rotatable bonds is 2. The van der Waals surface area contributed by atoms with E-state index >= 15 is 0 Å². The van der Waals surface area contributed by atoms with Crippen LogP contribution in [0, 0.1) is 0 Å². The lowest BCUT2D eigenvalue weighted by Crippen LogP contribution is -2.39. The van der Waals surface area contributed by atoms with Crippen molar-refractivity contribution in [3.63, 3.8) is 0 Å². The Kier molecular flexibility index (Phi) is 3.53. The number of hydrogen-bond acceptors (Lipinski definition) is 5. The van der Waals surface area contributed by atoms with Gasteiger partial charge in [-0.1, -0.05) is 6.07 Å². The van der Waals surface area contributed by atoms with Crippen molar-refractivity contribution in [1.82, 2.24) is 4.90 Å². The van der Waals surface area contributed by atoms with Crippen molar-refractivity contribution in [3.05, 3.63) is 46.5 Å². The molecule has 2 N–H and O–H groups in total. The van der Waals surface area contributed by atoms with Crippen molar-refractivity contribution in [2.45, 2.75) is 25.4 Å². The first-order valence-corrected chi connectivity index (χ1v) is 8.14. The average molecular weight is 327 g/mol. The van der Waals surface area contributed by atoms with Crippen LogP contribution >= 0.6 is 0 Å². The summed E-state index contributed by atoms with van der Waals surface area (Å²) >= 11 is 0. The van der Waals surface area contributed by atoms with Gasteiger partial charge in [-0.05, 0) is 47.7 Å². The second kappa shape index (κ2) is 5.60. The van der Waals surface area contributed by atoms with E-state index in [0.29, 0.717) is 11.5 Å². The minimum atomic E-state index is 0.187. The average Bonchev–Trinajstić information content (AvgIpc) is 2.59. The Bertz CT molecular complexity index is 802. The summed E-state index contributed by atoms with van der Waals surface area (Å²) < 4.78 is 10.6. The summed E-state index contributed by atoms with van der Waals surface area (Å²) in [6, 6.07) is 7.69. The molecular formula is C19H21NO4. The largest absolute Gasteiger partial charge is 0.504 e. The number of phenolic OH excluding ortho intramolecular Hbond substituents is 2. The number of nitrogens with zero attached hydrogens (tertiary/aromatic N) is 1. The molecule has 2 heterocycles. The summed E-state index contributed by atoms with van der Waals surface area (Å²) in [5.41, 5.74) is 4.65. The fraction of sp³-hybridized carbons (Fsp3) is 0.368. The molecule has 4 rings (SSSR count). The Morgan fingerprint density at radius 2 is 1.88 bits per heavy atom. The van der Waals surface area contributed by atoms with E-state index in [9.17, 15) is 10.2 Å². The Morgan fingerprint density at radius 3 is 2.62 bits per heavy atom. The van der Waals surface area contributed by atoms with Gasteiger partial charge < -0.3 is 19.7 Å². The van der Waals surface area contributed by atoms with Gasteiger partial charge in [0.25, 0.3) is 0 Å². The standard InChI is InChI=1S/C19H21NO4/c1-23-18-8-12-5-6-20-10-14-11(3-4-16(21)19(14)24-2)7-15(20)13(12)9-17(18)22/h3-4,8-9,15,21-22H,5-7,10H2,1-2H3/t15-/m1/s1. The molecule has 1 atom stereocenters. The number of ether oxygens (including phenoxy) is 2. The van der Waals surface area contributed by atoms with Crippen LogP contribution in [-0.2, 0) is 19.4 Å². The van der Waals surface area contributed by atoms with Gasteiger partial charge in [-0.3, -0.25) is 4.90 Å². The number of aromatic hydroxyl groups is 2. The van der Waals surface area contributed by atoms with Gasteiger partial charge in [-0.15, -0.1) is 0 Å². The molecular weight excluding hydrogens is 306 g/mol. The molecule has 2 aromatic carbocycles. The van der Waals surface area contributed by atoms with Gasteiger partial charge in [0.1, 0.15) is 0 Å². The quantitative estimate of drug-likeness (QED) is 0.888. The van der Waals surface area contributed by atoms with Crippen LogP contribution in [0.25, 0.3) is 0 Å². The van der Waals surface area contributed by atoms with Gasteiger partial charge in [0.15, 0.2) is 23.0 Å². The zero-order valence-electron chi connectivity index (χ0n) is 13.9. The molecule has 0 radical (unpaired) electrons. The number of benzene rings is 2. The number of hydrogen-bond donors (Lipinski definition) is 2. The van der Waals surface area contributed by atoms with E-state index in [1.54, 1.807) is 20.3 Å². The molecule has 0 spiro atoms. The summed E-state index contributed by atoms with van der Waals surface area (Å²) in [4.78, 5) is 2.39. The second-order valence-corrected chi connectivity index (χ2v) is 6.42. The van der Waals surface area contributed by atoms with Gasteiger partial charge in [0, 0.05) is 24.7 Å². The number of methoxy groups -OCH3 is 2. The third kappa shape index (κ3) is 2.19. The van der Waals surface area contributed by atoms with Crippen LogP contribution in [0.2, 0.25) is 0 Å².